The van der Waals surface area contributed by atoms with E-state index in [0.717, 1.165) is 5.56 Å². The van der Waals surface area contributed by atoms with Gasteiger partial charge in [0.2, 0.25) is 6.54 Å². The topological polar surface area (TPSA) is 72.4 Å². The van der Waals surface area contributed by atoms with Crippen LogP contribution in [0.4, 0.5) is 0 Å². The van der Waals surface area contributed by atoms with Crippen LogP contribution in [0.1, 0.15) is 5.56 Å². The van der Waals surface area contributed by atoms with Gasteiger partial charge in [0.15, 0.2) is 0 Å². The third kappa shape index (κ3) is 7.99. The molecule has 5 nitrogen and oxygen atoms in total. The first kappa shape index (κ1) is 17.2. The summed E-state index contributed by atoms with van der Waals surface area (Å²) in [4.78, 5) is 12.0. The molecule has 1 aromatic rings. The van der Waals surface area contributed by atoms with Gasteiger partial charge in [0, 0.05) is 75.9 Å². The Balaban J connectivity index is 0.00000256. The minimum absolute atomic E-state index is 0. The minimum Gasteiger partial charge on any atom is -0.329 e. The first-order valence-corrected chi connectivity index (χ1v) is 5.30. The molecule has 0 atom stereocenters. The zero-order chi connectivity index (χ0) is 11.8. The maximum Gasteiger partial charge on any atom is 0.216 e. The van der Waals surface area contributed by atoms with Crippen molar-refractivity contribution >= 4 is 51.4 Å². The van der Waals surface area contributed by atoms with Crippen LogP contribution in [-0.4, -0.2) is 87.4 Å². The van der Waals surface area contributed by atoms with E-state index in [9.17, 15) is 10.1 Å². The molecule has 1 rings (SSSR count). The van der Waals surface area contributed by atoms with Gasteiger partial charge in [0.25, 0.3) is 0 Å². The number of hydrogen-bond acceptors (Lipinski definition) is 4. The van der Waals surface area contributed by atoms with Crippen LogP contribution in [0, 0.1) is 10.1 Å². The molecule has 0 aliphatic heterocycles. The van der Waals surface area contributed by atoms with Crippen LogP contribution in [0.5, 0.6) is 0 Å². The zero-order valence-electron chi connectivity index (χ0n) is 10.2. The van der Waals surface area contributed by atoms with E-state index in [1.165, 1.54) is 0 Å². The quantitative estimate of drug-likeness (QED) is 0.437. The van der Waals surface area contributed by atoms with Gasteiger partial charge in [-0.1, -0.05) is 30.3 Å². The fourth-order valence-corrected chi connectivity index (χ4v) is 1.52. The van der Waals surface area contributed by atoms with E-state index in [2.05, 4.69) is 0 Å². The Morgan fingerprint density at radius 3 is 2.41 bits per heavy atom. The van der Waals surface area contributed by atoms with Gasteiger partial charge < -0.3 is 5.73 Å². The Kier molecular flexibility index (Phi) is 10.2. The van der Waals surface area contributed by atoms with Gasteiger partial charge in [-0.25, -0.2) is 0 Å². The third-order valence-electron chi connectivity index (χ3n) is 2.29. The average molecular weight is 262 g/mol. The van der Waals surface area contributed by atoms with Crippen molar-refractivity contribution in [2.24, 2.45) is 5.73 Å². The number of nitrogens with zero attached hydrogens (tertiary/aromatic N) is 2. The molecule has 0 saturated carbocycles. The van der Waals surface area contributed by atoms with Crippen molar-refractivity contribution in [1.29, 1.82) is 0 Å². The second kappa shape index (κ2) is 10.1. The van der Waals surface area contributed by atoms with Gasteiger partial charge in [-0.05, 0) is 5.56 Å². The predicted octanol–water partition coefficient (Wildman–Crippen LogP) is 0.343. The molecule has 0 bridgehead atoms. The zero-order valence-corrected chi connectivity index (χ0v) is 13.3. The van der Waals surface area contributed by atoms with E-state index >= 15 is 0 Å². The first-order valence-electron chi connectivity index (χ1n) is 5.30. The van der Waals surface area contributed by atoms with Gasteiger partial charge >= 0.3 is 0 Å². The Morgan fingerprint density at radius 2 is 1.88 bits per heavy atom. The second-order valence-corrected chi connectivity index (χ2v) is 3.61. The van der Waals surface area contributed by atoms with E-state index in [1.54, 1.807) is 0 Å². The number of hydrogen-bond donors (Lipinski definition) is 1. The van der Waals surface area contributed by atoms with E-state index < -0.39 is 0 Å². The largest absolute Gasteiger partial charge is 0.329 e. The molecule has 1 radical (unpaired) electrons. The molecular formula is C11H17KN3O2. The molecule has 1 aromatic carbocycles. The number of benzene rings is 1. The summed E-state index contributed by atoms with van der Waals surface area (Å²) in [7, 11) is 0. The van der Waals surface area contributed by atoms with Crippen LogP contribution >= 0.6 is 0 Å². The average Bonchev–Trinajstić information content (AvgIpc) is 2.27. The fraction of sp³-hybridized carbons (Fsp3) is 0.455. The van der Waals surface area contributed by atoms with Gasteiger partial charge in [0.05, 0.1) is 6.54 Å². The maximum absolute atomic E-state index is 10.3. The molecule has 17 heavy (non-hydrogen) atoms. The number of nitrogens with two attached hydrogens (primary N) is 1. The van der Waals surface area contributed by atoms with Crippen molar-refractivity contribution in [2.45, 2.75) is 6.54 Å². The molecule has 0 aliphatic carbocycles. The van der Waals surface area contributed by atoms with Crippen LogP contribution in [0.2, 0.25) is 0 Å². The molecule has 2 N–H and O–H groups in total. The number of nitro groups is 1. The van der Waals surface area contributed by atoms with Crippen LogP contribution < -0.4 is 5.73 Å². The fourth-order valence-electron chi connectivity index (χ4n) is 1.52. The molecule has 0 aromatic heterocycles. The van der Waals surface area contributed by atoms with E-state index in [-0.39, 0.29) is 62.9 Å². The molecule has 0 heterocycles. The predicted molar refractivity (Wildman–Crippen MR) is 68.4 cm³/mol. The van der Waals surface area contributed by atoms with Crippen LogP contribution in [0.15, 0.2) is 30.3 Å². The molecule has 0 spiro atoms. The van der Waals surface area contributed by atoms with Crippen LogP contribution in [0.3, 0.4) is 0 Å². The summed E-state index contributed by atoms with van der Waals surface area (Å²) in [6, 6.07) is 9.89. The van der Waals surface area contributed by atoms with Gasteiger partial charge in [-0.3, -0.25) is 15.0 Å². The van der Waals surface area contributed by atoms with Gasteiger partial charge in [-0.2, -0.15) is 0 Å². The van der Waals surface area contributed by atoms with Crippen molar-refractivity contribution in [3.05, 3.63) is 46.0 Å². The maximum atomic E-state index is 10.3. The summed E-state index contributed by atoms with van der Waals surface area (Å²) in [6.45, 7) is 2.32. The molecule has 6 heteroatoms. The Hall–Kier alpha value is 0.176. The summed E-state index contributed by atoms with van der Waals surface area (Å²) >= 11 is 0. The third-order valence-corrected chi connectivity index (χ3v) is 2.29. The molecule has 0 amide bonds. The summed E-state index contributed by atoms with van der Waals surface area (Å²) in [5.41, 5.74) is 6.63. The van der Waals surface area contributed by atoms with Crippen molar-refractivity contribution in [3.8, 4) is 0 Å². The van der Waals surface area contributed by atoms with Crippen molar-refractivity contribution in [3.63, 3.8) is 0 Å². The van der Waals surface area contributed by atoms with E-state index in [0.29, 0.717) is 26.2 Å². The Labute approximate surface area is 144 Å². The molecule has 0 unspecified atom stereocenters. The van der Waals surface area contributed by atoms with Crippen molar-refractivity contribution in [2.75, 3.05) is 26.2 Å². The van der Waals surface area contributed by atoms with E-state index in [1.807, 2.05) is 35.2 Å². The summed E-state index contributed by atoms with van der Waals surface area (Å²) in [5.74, 6) is 0. The number of rotatable bonds is 7. The summed E-state index contributed by atoms with van der Waals surface area (Å²) in [5, 5.41) is 10.3. The smallest absolute Gasteiger partial charge is 0.216 e. The Bertz CT molecular complexity index is 322. The van der Waals surface area contributed by atoms with Crippen molar-refractivity contribution in [1.82, 2.24) is 4.90 Å². The SMILES string of the molecule is NCCN(CC[N+](=O)[O-])Cc1ccccc1.[K]. The van der Waals surface area contributed by atoms with Crippen LogP contribution in [0.25, 0.3) is 0 Å². The second-order valence-electron chi connectivity index (χ2n) is 3.61. The molecular weight excluding hydrogens is 245 g/mol. The standard InChI is InChI=1S/C11H17N3O2.K/c12-6-7-13(8-9-14(15)16)10-11-4-2-1-3-5-11;/h1-5H,6-10,12H2;. The monoisotopic (exact) mass is 262 g/mol. The Morgan fingerprint density at radius 1 is 1.24 bits per heavy atom. The van der Waals surface area contributed by atoms with Gasteiger partial charge in [0.1, 0.15) is 0 Å². The van der Waals surface area contributed by atoms with E-state index in [4.69, 9.17) is 5.73 Å². The molecule has 0 saturated heterocycles. The first-order chi connectivity index (χ1) is 7.72. The van der Waals surface area contributed by atoms with Crippen molar-refractivity contribution < 1.29 is 4.92 Å². The minimum atomic E-state index is -0.297. The summed E-state index contributed by atoms with van der Waals surface area (Å²) in [6.07, 6.45) is 0. The molecule has 0 aliphatic rings. The normalized spacial score (nSPS) is 10.0. The summed E-state index contributed by atoms with van der Waals surface area (Å²) < 4.78 is 0. The van der Waals surface area contributed by atoms with Gasteiger partial charge in [-0.15, -0.1) is 0 Å². The van der Waals surface area contributed by atoms with Crippen LogP contribution in [-0.2, 0) is 6.54 Å². The molecule has 89 valence electrons. The molecule has 0 fully saturated rings.